The van der Waals surface area contributed by atoms with Crippen molar-refractivity contribution in [3.63, 3.8) is 0 Å². The van der Waals surface area contributed by atoms with E-state index in [1.54, 1.807) is 12.1 Å². The van der Waals surface area contributed by atoms with Crippen LogP contribution in [0.5, 0.6) is 0 Å². The molecule has 1 spiro atoms. The van der Waals surface area contributed by atoms with E-state index in [1.807, 2.05) is 6.07 Å². The highest BCUT2D eigenvalue weighted by molar-refractivity contribution is 5.90. The third-order valence-electron chi connectivity index (χ3n) is 4.24. The molecule has 1 saturated carbocycles. The molecular weight excluding hydrogens is 228 g/mol. The average Bonchev–Trinajstić information content (AvgIpc) is 2.75. The summed E-state index contributed by atoms with van der Waals surface area (Å²) in [5.41, 5.74) is 2.62. The van der Waals surface area contributed by atoms with Gasteiger partial charge in [0.1, 0.15) is 0 Å². The van der Waals surface area contributed by atoms with Crippen molar-refractivity contribution in [1.82, 2.24) is 0 Å². The van der Waals surface area contributed by atoms with Gasteiger partial charge in [-0.1, -0.05) is 12.8 Å². The highest BCUT2D eigenvalue weighted by Crippen LogP contribution is 2.41. The maximum atomic E-state index is 11.0. The van der Waals surface area contributed by atoms with Crippen LogP contribution < -0.4 is 10.6 Å². The number of carboxylic acids is 1. The van der Waals surface area contributed by atoms with E-state index in [2.05, 4.69) is 10.6 Å². The number of rotatable bonds is 1. The average molecular weight is 246 g/mol. The maximum absolute atomic E-state index is 11.0. The van der Waals surface area contributed by atoms with Crippen molar-refractivity contribution in [2.75, 3.05) is 23.7 Å². The van der Waals surface area contributed by atoms with Crippen molar-refractivity contribution in [2.45, 2.75) is 25.7 Å². The van der Waals surface area contributed by atoms with Gasteiger partial charge in [-0.3, -0.25) is 0 Å². The number of fused-ring (bicyclic) bond motifs is 1. The third kappa shape index (κ3) is 1.92. The van der Waals surface area contributed by atoms with Gasteiger partial charge in [-0.15, -0.1) is 0 Å². The molecule has 18 heavy (non-hydrogen) atoms. The first-order valence-corrected chi connectivity index (χ1v) is 6.54. The molecule has 96 valence electrons. The SMILES string of the molecule is O=C(O)c1ccc2c(c1)NCC1(CCCC1)CN2. The first-order valence-electron chi connectivity index (χ1n) is 6.54. The van der Waals surface area contributed by atoms with E-state index in [1.165, 1.54) is 25.7 Å². The topological polar surface area (TPSA) is 61.4 Å². The molecule has 1 aromatic carbocycles. The molecule has 1 fully saturated rings. The van der Waals surface area contributed by atoms with E-state index in [9.17, 15) is 4.79 Å². The Morgan fingerprint density at radius 1 is 1.11 bits per heavy atom. The highest BCUT2D eigenvalue weighted by atomic mass is 16.4. The molecule has 0 atom stereocenters. The summed E-state index contributed by atoms with van der Waals surface area (Å²) in [6.07, 6.45) is 5.12. The second-order valence-electron chi connectivity index (χ2n) is 5.48. The summed E-state index contributed by atoms with van der Waals surface area (Å²) in [6.45, 7) is 1.93. The predicted molar refractivity (Wildman–Crippen MR) is 71.3 cm³/mol. The maximum Gasteiger partial charge on any atom is 0.335 e. The van der Waals surface area contributed by atoms with Crippen molar-refractivity contribution >= 4 is 17.3 Å². The van der Waals surface area contributed by atoms with Crippen LogP contribution in [0.3, 0.4) is 0 Å². The summed E-state index contributed by atoms with van der Waals surface area (Å²) in [7, 11) is 0. The first-order chi connectivity index (χ1) is 8.69. The van der Waals surface area contributed by atoms with Gasteiger partial charge >= 0.3 is 5.97 Å². The van der Waals surface area contributed by atoms with Crippen molar-refractivity contribution in [3.05, 3.63) is 23.8 Å². The summed E-state index contributed by atoms with van der Waals surface area (Å²) in [6, 6.07) is 5.24. The van der Waals surface area contributed by atoms with Gasteiger partial charge in [0.05, 0.1) is 16.9 Å². The number of nitrogens with one attached hydrogen (secondary N) is 2. The number of anilines is 2. The second kappa shape index (κ2) is 4.19. The summed E-state index contributed by atoms with van der Waals surface area (Å²) in [5.74, 6) is -0.876. The Labute approximate surface area is 106 Å². The quantitative estimate of drug-likeness (QED) is 0.713. The Hall–Kier alpha value is -1.71. The minimum absolute atomic E-state index is 0.338. The summed E-state index contributed by atoms with van der Waals surface area (Å²) < 4.78 is 0. The predicted octanol–water partition coefficient (Wildman–Crippen LogP) is 2.78. The van der Waals surface area contributed by atoms with Crippen LogP contribution in [-0.4, -0.2) is 24.2 Å². The zero-order chi connectivity index (χ0) is 12.6. The van der Waals surface area contributed by atoms with Gasteiger partial charge in [0.15, 0.2) is 0 Å². The lowest BCUT2D eigenvalue weighted by molar-refractivity contribution is 0.0697. The Morgan fingerprint density at radius 2 is 1.78 bits per heavy atom. The molecule has 0 saturated heterocycles. The summed E-state index contributed by atoms with van der Waals surface area (Å²) in [4.78, 5) is 11.0. The van der Waals surface area contributed by atoms with Gasteiger partial charge in [0, 0.05) is 18.5 Å². The number of hydrogen-bond donors (Lipinski definition) is 3. The normalized spacial score (nSPS) is 20.7. The van der Waals surface area contributed by atoms with Crippen molar-refractivity contribution in [1.29, 1.82) is 0 Å². The van der Waals surface area contributed by atoms with Crippen molar-refractivity contribution in [3.8, 4) is 0 Å². The van der Waals surface area contributed by atoms with Crippen LogP contribution in [-0.2, 0) is 0 Å². The zero-order valence-electron chi connectivity index (χ0n) is 10.3. The van der Waals surface area contributed by atoms with Crippen LogP contribution in [0.15, 0.2) is 18.2 Å². The Kier molecular flexibility index (Phi) is 2.65. The summed E-state index contributed by atoms with van der Waals surface area (Å²) >= 11 is 0. The van der Waals surface area contributed by atoms with Crippen LogP contribution in [0.25, 0.3) is 0 Å². The second-order valence-corrected chi connectivity index (χ2v) is 5.48. The Morgan fingerprint density at radius 3 is 2.44 bits per heavy atom. The Balaban J connectivity index is 1.87. The molecule has 4 nitrogen and oxygen atoms in total. The minimum Gasteiger partial charge on any atom is -0.478 e. The van der Waals surface area contributed by atoms with Crippen molar-refractivity contribution in [2.24, 2.45) is 5.41 Å². The van der Waals surface area contributed by atoms with Gasteiger partial charge in [0.2, 0.25) is 0 Å². The van der Waals surface area contributed by atoms with Gasteiger partial charge in [-0.25, -0.2) is 4.79 Å². The fourth-order valence-corrected chi connectivity index (χ4v) is 3.08. The Bertz CT molecular complexity index is 479. The molecule has 0 radical (unpaired) electrons. The first kappa shape index (κ1) is 11.4. The number of aromatic carboxylic acids is 1. The molecule has 0 aromatic heterocycles. The van der Waals surface area contributed by atoms with Crippen LogP contribution >= 0.6 is 0 Å². The molecular formula is C14H18N2O2. The molecule has 0 unspecified atom stereocenters. The number of carboxylic acid groups (broad SMARTS) is 1. The number of hydrogen-bond acceptors (Lipinski definition) is 3. The molecule has 3 N–H and O–H groups in total. The van der Waals surface area contributed by atoms with Crippen LogP contribution in [0.1, 0.15) is 36.0 Å². The van der Waals surface area contributed by atoms with E-state index in [4.69, 9.17) is 5.11 Å². The lowest BCUT2D eigenvalue weighted by Crippen LogP contribution is -2.31. The van der Waals surface area contributed by atoms with Crippen molar-refractivity contribution < 1.29 is 9.90 Å². The fourth-order valence-electron chi connectivity index (χ4n) is 3.08. The molecule has 2 aliphatic rings. The standard InChI is InChI=1S/C14H18N2O2/c17-13(18)10-3-4-11-12(7-10)16-9-14(8-15-11)5-1-2-6-14/h3-4,7,15-16H,1-2,5-6,8-9H2,(H,17,18). The van der Waals surface area contributed by atoms with Gasteiger partial charge in [0.25, 0.3) is 0 Å². The molecule has 1 aliphatic heterocycles. The van der Waals surface area contributed by atoms with Crippen LogP contribution in [0, 0.1) is 5.41 Å². The molecule has 1 aliphatic carbocycles. The zero-order valence-corrected chi connectivity index (χ0v) is 10.3. The molecule has 1 aromatic rings. The lowest BCUT2D eigenvalue weighted by Gasteiger charge is -2.26. The van der Waals surface area contributed by atoms with E-state index in [0.29, 0.717) is 11.0 Å². The summed E-state index contributed by atoms with van der Waals surface area (Å²) in [5, 5.41) is 15.9. The molecule has 0 bridgehead atoms. The van der Waals surface area contributed by atoms with Gasteiger partial charge in [-0.05, 0) is 31.0 Å². The molecule has 3 rings (SSSR count). The fraction of sp³-hybridized carbons (Fsp3) is 0.500. The minimum atomic E-state index is -0.876. The van der Waals surface area contributed by atoms with E-state index < -0.39 is 5.97 Å². The highest BCUT2D eigenvalue weighted by Gasteiger charge is 2.35. The van der Waals surface area contributed by atoms with Gasteiger partial charge in [-0.2, -0.15) is 0 Å². The monoisotopic (exact) mass is 246 g/mol. The van der Waals surface area contributed by atoms with E-state index in [-0.39, 0.29) is 0 Å². The van der Waals surface area contributed by atoms with E-state index >= 15 is 0 Å². The lowest BCUT2D eigenvalue weighted by atomic mass is 9.86. The number of benzene rings is 1. The smallest absolute Gasteiger partial charge is 0.335 e. The number of carbonyl (C=O) groups is 1. The van der Waals surface area contributed by atoms with Crippen LogP contribution in [0.4, 0.5) is 11.4 Å². The van der Waals surface area contributed by atoms with E-state index in [0.717, 1.165) is 24.5 Å². The third-order valence-corrected chi connectivity index (χ3v) is 4.24. The largest absolute Gasteiger partial charge is 0.478 e. The molecule has 1 heterocycles. The van der Waals surface area contributed by atoms with Gasteiger partial charge < -0.3 is 15.7 Å². The van der Waals surface area contributed by atoms with Crippen LogP contribution in [0.2, 0.25) is 0 Å². The molecule has 4 heteroatoms. The molecule has 0 amide bonds.